The summed E-state index contributed by atoms with van der Waals surface area (Å²) in [7, 11) is -3.59. The highest BCUT2D eigenvalue weighted by atomic mass is 32.2. The molecule has 0 saturated carbocycles. The molecule has 10 heteroatoms. The van der Waals surface area contributed by atoms with Crippen molar-refractivity contribution < 1.29 is 31.1 Å². The number of rotatable bonds is 5. The molecule has 1 amide bonds. The Balaban J connectivity index is 1.96. The van der Waals surface area contributed by atoms with Gasteiger partial charge in [-0.15, -0.1) is 0 Å². The Morgan fingerprint density at radius 3 is 2.36 bits per heavy atom. The van der Waals surface area contributed by atoms with Crippen molar-refractivity contribution in [2.24, 2.45) is 0 Å². The van der Waals surface area contributed by atoms with Crippen molar-refractivity contribution in [1.82, 2.24) is 9.62 Å². The first-order chi connectivity index (χ1) is 15.2. The van der Waals surface area contributed by atoms with Gasteiger partial charge in [-0.05, 0) is 56.9 Å². The fourth-order valence-corrected chi connectivity index (χ4v) is 4.79. The Hall–Kier alpha value is -2.59. The predicted molar refractivity (Wildman–Crippen MR) is 119 cm³/mol. The van der Waals surface area contributed by atoms with E-state index in [4.69, 9.17) is 4.74 Å². The van der Waals surface area contributed by atoms with E-state index < -0.39 is 51.3 Å². The summed E-state index contributed by atoms with van der Waals surface area (Å²) in [4.78, 5) is 14.2. The van der Waals surface area contributed by atoms with Crippen molar-refractivity contribution in [1.29, 1.82) is 0 Å². The monoisotopic (exact) mass is 484 g/mol. The number of benzene rings is 2. The average molecular weight is 485 g/mol. The largest absolute Gasteiger partial charge is 0.444 e. The number of halogens is 3. The number of hydrogen-bond acceptors (Lipinski definition) is 4. The van der Waals surface area contributed by atoms with Gasteiger partial charge in [0, 0.05) is 24.2 Å². The van der Waals surface area contributed by atoms with Crippen molar-refractivity contribution in [2.75, 3.05) is 12.8 Å². The molecule has 1 heterocycles. The van der Waals surface area contributed by atoms with Gasteiger partial charge in [0.05, 0.1) is 12.3 Å². The maximum Gasteiger partial charge on any atom is 0.410 e. The second-order valence-electron chi connectivity index (χ2n) is 9.17. The fourth-order valence-electron chi connectivity index (χ4n) is 3.96. The molecule has 1 aliphatic rings. The summed E-state index contributed by atoms with van der Waals surface area (Å²) >= 11 is 0. The molecule has 0 spiro atoms. The topological polar surface area (TPSA) is 75.7 Å². The van der Waals surface area contributed by atoms with Gasteiger partial charge in [-0.3, -0.25) is 0 Å². The molecule has 180 valence electrons. The van der Waals surface area contributed by atoms with Crippen LogP contribution >= 0.6 is 0 Å². The van der Waals surface area contributed by atoms with Crippen LogP contribution in [0.5, 0.6) is 0 Å². The molecule has 2 atom stereocenters. The highest BCUT2D eigenvalue weighted by molar-refractivity contribution is 7.88. The number of amides is 1. The molecular formula is C23H27F3N2O4S. The smallest absolute Gasteiger partial charge is 0.410 e. The average Bonchev–Trinajstić information content (AvgIpc) is 3.02. The Morgan fingerprint density at radius 1 is 1.15 bits per heavy atom. The molecule has 2 aromatic rings. The Labute approximate surface area is 191 Å². The van der Waals surface area contributed by atoms with Crippen molar-refractivity contribution in [3.63, 3.8) is 0 Å². The molecule has 0 unspecified atom stereocenters. The first-order valence-electron chi connectivity index (χ1n) is 10.4. The van der Waals surface area contributed by atoms with E-state index in [1.54, 1.807) is 26.8 Å². The van der Waals surface area contributed by atoms with Gasteiger partial charge in [0.15, 0.2) is 0 Å². The second kappa shape index (κ2) is 9.34. The minimum Gasteiger partial charge on any atom is -0.444 e. The third kappa shape index (κ3) is 6.48. The molecule has 2 aromatic carbocycles. The van der Waals surface area contributed by atoms with Crippen LogP contribution in [0.3, 0.4) is 0 Å². The molecular weight excluding hydrogens is 457 g/mol. The summed E-state index contributed by atoms with van der Waals surface area (Å²) < 4.78 is 74.5. The molecule has 0 bridgehead atoms. The Morgan fingerprint density at radius 2 is 1.79 bits per heavy atom. The first kappa shape index (κ1) is 25.0. The molecule has 6 nitrogen and oxygen atoms in total. The van der Waals surface area contributed by atoms with Gasteiger partial charge >= 0.3 is 6.09 Å². The van der Waals surface area contributed by atoms with E-state index in [-0.39, 0.29) is 29.7 Å². The quantitative estimate of drug-likeness (QED) is 0.689. The Kier molecular flexibility index (Phi) is 7.09. The van der Waals surface area contributed by atoms with E-state index in [0.717, 1.165) is 18.4 Å². The van der Waals surface area contributed by atoms with Crippen molar-refractivity contribution >= 4 is 16.1 Å². The highest BCUT2D eigenvalue weighted by Crippen LogP contribution is 2.30. The SMILES string of the molecule is CC(C)(C)OC(=O)N1CC[C@H](NS(C)(=O)=O)[C@@H]1Cc1cccc(-c2cc(F)cc(F)c2)c1F. The number of carbonyl (C=O) groups is 1. The minimum atomic E-state index is -3.59. The minimum absolute atomic E-state index is 0.000312. The lowest BCUT2D eigenvalue weighted by atomic mass is 9.96. The molecule has 1 fully saturated rings. The zero-order valence-corrected chi connectivity index (χ0v) is 19.7. The molecule has 1 saturated heterocycles. The standard InChI is InChI=1S/C23H27F3N2O4S/c1-23(2,3)32-22(29)28-9-8-19(27-33(4,30)31)20(28)12-14-6-5-7-18(21(14)26)15-10-16(24)13-17(25)11-15/h5-7,10-11,13,19-20,27H,8-9,12H2,1-4H3/t19-,20-/m0/s1. The molecule has 33 heavy (non-hydrogen) atoms. The molecule has 0 radical (unpaired) electrons. The summed E-state index contributed by atoms with van der Waals surface area (Å²) in [6.45, 7) is 5.36. The van der Waals surface area contributed by atoms with E-state index in [1.165, 1.54) is 17.0 Å². The van der Waals surface area contributed by atoms with Gasteiger partial charge in [-0.2, -0.15) is 0 Å². The Bertz CT molecular complexity index is 1130. The summed E-state index contributed by atoms with van der Waals surface area (Å²) in [6, 6.07) is 5.83. The lowest BCUT2D eigenvalue weighted by Crippen LogP contribution is -2.48. The van der Waals surface area contributed by atoms with E-state index >= 15 is 4.39 Å². The van der Waals surface area contributed by atoms with Gasteiger partial charge in [0.1, 0.15) is 23.1 Å². The summed E-state index contributed by atoms with van der Waals surface area (Å²) in [5.74, 6) is -2.37. The van der Waals surface area contributed by atoms with Crippen LogP contribution in [0, 0.1) is 17.5 Å². The number of nitrogens with one attached hydrogen (secondary N) is 1. The van der Waals surface area contributed by atoms with Crippen LogP contribution in [0.1, 0.15) is 32.8 Å². The molecule has 3 rings (SSSR count). The summed E-state index contributed by atoms with van der Waals surface area (Å²) in [5, 5.41) is 0. The van der Waals surface area contributed by atoms with E-state index in [9.17, 15) is 22.0 Å². The van der Waals surface area contributed by atoms with Gasteiger partial charge in [0.25, 0.3) is 0 Å². The van der Waals surface area contributed by atoms with Gasteiger partial charge in [0.2, 0.25) is 10.0 Å². The third-order valence-corrected chi connectivity index (χ3v) is 5.95. The predicted octanol–water partition coefficient (Wildman–Crippen LogP) is 4.24. The van der Waals surface area contributed by atoms with E-state index in [2.05, 4.69) is 4.72 Å². The van der Waals surface area contributed by atoms with E-state index in [1.807, 2.05) is 0 Å². The lowest BCUT2D eigenvalue weighted by Gasteiger charge is -2.31. The number of sulfonamides is 1. The second-order valence-corrected chi connectivity index (χ2v) is 10.9. The van der Waals surface area contributed by atoms with Gasteiger partial charge < -0.3 is 9.64 Å². The van der Waals surface area contributed by atoms with E-state index in [0.29, 0.717) is 12.5 Å². The number of hydrogen-bond donors (Lipinski definition) is 1. The molecule has 1 N–H and O–H groups in total. The van der Waals surface area contributed by atoms with Crippen LogP contribution in [0.2, 0.25) is 0 Å². The van der Waals surface area contributed by atoms with Crippen LogP contribution in [0.4, 0.5) is 18.0 Å². The normalized spacial score (nSPS) is 19.1. The highest BCUT2D eigenvalue weighted by Gasteiger charge is 2.40. The molecule has 0 aliphatic carbocycles. The van der Waals surface area contributed by atoms with Gasteiger partial charge in [-0.25, -0.2) is 31.1 Å². The number of nitrogens with zero attached hydrogens (tertiary/aromatic N) is 1. The van der Waals surface area contributed by atoms with Crippen LogP contribution in [-0.2, 0) is 21.2 Å². The third-order valence-electron chi connectivity index (χ3n) is 5.22. The zero-order valence-electron chi connectivity index (χ0n) is 18.9. The maximum absolute atomic E-state index is 15.4. The maximum atomic E-state index is 15.4. The number of carbonyl (C=O) groups excluding carboxylic acids is 1. The van der Waals surface area contributed by atoms with Crippen LogP contribution in [0.15, 0.2) is 36.4 Å². The fraction of sp³-hybridized carbons (Fsp3) is 0.435. The summed E-state index contributed by atoms with van der Waals surface area (Å²) in [5.41, 5.74) is -0.553. The lowest BCUT2D eigenvalue weighted by molar-refractivity contribution is 0.0218. The van der Waals surface area contributed by atoms with Crippen molar-refractivity contribution in [3.8, 4) is 11.1 Å². The van der Waals surface area contributed by atoms with Crippen molar-refractivity contribution in [3.05, 3.63) is 59.4 Å². The zero-order chi connectivity index (χ0) is 24.6. The number of likely N-dealkylation sites (tertiary alicyclic amines) is 1. The first-order valence-corrected chi connectivity index (χ1v) is 12.3. The summed E-state index contributed by atoms with van der Waals surface area (Å²) in [6.07, 6.45) is 0.686. The van der Waals surface area contributed by atoms with Crippen LogP contribution in [-0.4, -0.2) is 49.9 Å². The van der Waals surface area contributed by atoms with Crippen LogP contribution in [0.25, 0.3) is 11.1 Å². The molecule has 1 aliphatic heterocycles. The molecule has 0 aromatic heterocycles. The number of ether oxygens (including phenoxy) is 1. The van der Waals surface area contributed by atoms with Crippen molar-refractivity contribution in [2.45, 2.75) is 51.3 Å². The van der Waals surface area contributed by atoms with Crippen LogP contribution < -0.4 is 4.72 Å². The van der Waals surface area contributed by atoms with Gasteiger partial charge in [-0.1, -0.05) is 18.2 Å².